The van der Waals surface area contributed by atoms with Crippen molar-refractivity contribution < 1.29 is 5.11 Å². The highest BCUT2D eigenvalue weighted by atomic mass is 32.1. The molecule has 0 bridgehead atoms. The quantitative estimate of drug-likeness (QED) is 0.605. The van der Waals surface area contributed by atoms with E-state index in [1.807, 2.05) is 12.4 Å². The number of rotatable bonds is 10. The molecule has 0 aliphatic carbocycles. The predicted molar refractivity (Wildman–Crippen MR) is 79.0 cm³/mol. The lowest BCUT2D eigenvalue weighted by atomic mass is 10.0. The molecule has 1 aromatic rings. The van der Waals surface area contributed by atoms with E-state index >= 15 is 0 Å². The number of aryl methyl sites for hydroxylation is 1. The van der Waals surface area contributed by atoms with Gasteiger partial charge in [0.15, 0.2) is 0 Å². The molecule has 2 nitrogen and oxygen atoms in total. The third kappa shape index (κ3) is 5.96. The molecule has 3 heteroatoms. The summed E-state index contributed by atoms with van der Waals surface area (Å²) >= 11 is 1.57. The molecular formula is C15H27NOS. The monoisotopic (exact) mass is 269 g/mol. The summed E-state index contributed by atoms with van der Waals surface area (Å²) < 4.78 is 0. The first-order valence-corrected chi connectivity index (χ1v) is 8.21. The molecule has 1 aromatic heterocycles. The van der Waals surface area contributed by atoms with Gasteiger partial charge in [-0.25, -0.2) is 4.98 Å². The van der Waals surface area contributed by atoms with Crippen LogP contribution in [-0.2, 0) is 0 Å². The fourth-order valence-corrected chi connectivity index (χ4v) is 3.06. The molecule has 0 aliphatic rings. The summed E-state index contributed by atoms with van der Waals surface area (Å²) in [5.41, 5.74) is 2.81. The lowest BCUT2D eigenvalue weighted by Crippen LogP contribution is -1.97. The van der Waals surface area contributed by atoms with Gasteiger partial charge < -0.3 is 5.11 Å². The van der Waals surface area contributed by atoms with E-state index in [2.05, 4.69) is 11.9 Å². The molecule has 0 radical (unpaired) electrons. The first kappa shape index (κ1) is 15.6. The number of nitrogens with zero attached hydrogens (tertiary/aromatic N) is 1. The summed E-state index contributed by atoms with van der Waals surface area (Å²) in [5.74, 6) is 0. The van der Waals surface area contributed by atoms with Crippen LogP contribution in [0.2, 0.25) is 0 Å². The maximum absolute atomic E-state index is 10.0. The number of hydrogen-bond acceptors (Lipinski definition) is 3. The second-order valence-electron chi connectivity index (χ2n) is 5.08. The summed E-state index contributed by atoms with van der Waals surface area (Å²) in [6.45, 7) is 4.23. The number of thiazole rings is 1. The van der Waals surface area contributed by atoms with E-state index in [-0.39, 0.29) is 6.10 Å². The Balaban J connectivity index is 1.99. The lowest BCUT2D eigenvalue weighted by molar-refractivity contribution is 0.166. The summed E-state index contributed by atoms with van der Waals surface area (Å²) in [4.78, 5) is 5.24. The topological polar surface area (TPSA) is 33.1 Å². The smallest absolute Gasteiger partial charge is 0.0900 e. The Bertz CT molecular complexity index is 311. The van der Waals surface area contributed by atoms with Gasteiger partial charge in [0.25, 0.3) is 0 Å². The Hall–Kier alpha value is -0.410. The normalized spacial score (nSPS) is 12.8. The van der Waals surface area contributed by atoms with Crippen molar-refractivity contribution in [1.82, 2.24) is 4.98 Å². The first-order valence-electron chi connectivity index (χ1n) is 7.33. The zero-order valence-electron chi connectivity index (χ0n) is 11.8. The van der Waals surface area contributed by atoms with Crippen molar-refractivity contribution in [2.45, 2.75) is 77.7 Å². The van der Waals surface area contributed by atoms with Gasteiger partial charge in [0.2, 0.25) is 0 Å². The van der Waals surface area contributed by atoms with Gasteiger partial charge in [-0.1, -0.05) is 58.3 Å². The average molecular weight is 269 g/mol. The van der Waals surface area contributed by atoms with Gasteiger partial charge in [-0.2, -0.15) is 0 Å². The highest BCUT2D eigenvalue weighted by Crippen LogP contribution is 2.26. The van der Waals surface area contributed by atoms with Crippen molar-refractivity contribution in [3.63, 3.8) is 0 Å². The van der Waals surface area contributed by atoms with Gasteiger partial charge in [-0.15, -0.1) is 11.3 Å². The third-order valence-electron chi connectivity index (χ3n) is 3.42. The molecule has 1 heterocycles. The summed E-state index contributed by atoms with van der Waals surface area (Å²) in [6.07, 6.45) is 11.1. The number of aliphatic hydroxyl groups excluding tert-OH is 1. The molecule has 104 valence electrons. The van der Waals surface area contributed by atoms with Gasteiger partial charge in [0, 0.05) is 0 Å². The van der Waals surface area contributed by atoms with Crippen LogP contribution in [0.1, 0.15) is 81.4 Å². The van der Waals surface area contributed by atoms with E-state index in [0.29, 0.717) is 0 Å². The Labute approximate surface area is 115 Å². The average Bonchev–Trinajstić information content (AvgIpc) is 2.79. The summed E-state index contributed by atoms with van der Waals surface area (Å²) in [5, 5.41) is 10.0. The molecule has 1 N–H and O–H groups in total. The van der Waals surface area contributed by atoms with Gasteiger partial charge in [0.05, 0.1) is 22.2 Å². The highest BCUT2D eigenvalue weighted by molar-refractivity contribution is 7.09. The largest absolute Gasteiger partial charge is 0.388 e. The van der Waals surface area contributed by atoms with E-state index in [1.54, 1.807) is 11.3 Å². The zero-order chi connectivity index (χ0) is 13.2. The Morgan fingerprint density at radius 3 is 2.28 bits per heavy atom. The molecule has 1 unspecified atom stereocenters. The van der Waals surface area contributed by atoms with Crippen LogP contribution in [0.5, 0.6) is 0 Å². The molecule has 0 aliphatic heterocycles. The maximum atomic E-state index is 10.0. The molecule has 1 atom stereocenters. The summed E-state index contributed by atoms with van der Waals surface area (Å²) in [7, 11) is 0. The molecule has 0 saturated heterocycles. The standard InChI is InChI=1S/C15H27NOS/c1-3-4-5-6-7-8-9-10-11-14(17)15-13(2)16-12-18-15/h12,14,17H,3-11H2,1-2H3. The summed E-state index contributed by atoms with van der Waals surface area (Å²) in [6, 6.07) is 0. The molecule has 0 fully saturated rings. The second kappa shape index (κ2) is 9.51. The number of hydrogen-bond donors (Lipinski definition) is 1. The van der Waals surface area contributed by atoms with Crippen molar-refractivity contribution in [2.75, 3.05) is 0 Å². The van der Waals surface area contributed by atoms with Crippen LogP contribution >= 0.6 is 11.3 Å². The minimum atomic E-state index is -0.294. The van der Waals surface area contributed by atoms with Crippen LogP contribution in [0.15, 0.2) is 5.51 Å². The van der Waals surface area contributed by atoms with Crippen LogP contribution in [0.3, 0.4) is 0 Å². The lowest BCUT2D eigenvalue weighted by Gasteiger charge is -2.09. The van der Waals surface area contributed by atoms with Crippen molar-refractivity contribution in [2.24, 2.45) is 0 Å². The van der Waals surface area contributed by atoms with Gasteiger partial charge in [0.1, 0.15) is 0 Å². The van der Waals surface area contributed by atoms with Gasteiger partial charge >= 0.3 is 0 Å². The number of unbranched alkanes of at least 4 members (excludes halogenated alkanes) is 7. The Kier molecular flexibility index (Phi) is 8.27. The molecule has 18 heavy (non-hydrogen) atoms. The highest BCUT2D eigenvalue weighted by Gasteiger charge is 2.11. The Morgan fingerprint density at radius 1 is 1.11 bits per heavy atom. The van der Waals surface area contributed by atoms with Crippen LogP contribution in [0.25, 0.3) is 0 Å². The molecule has 0 saturated carbocycles. The zero-order valence-corrected chi connectivity index (χ0v) is 12.6. The molecule has 0 amide bonds. The maximum Gasteiger partial charge on any atom is 0.0900 e. The van der Waals surface area contributed by atoms with E-state index in [4.69, 9.17) is 0 Å². The SMILES string of the molecule is CCCCCCCCCCC(O)c1scnc1C. The number of aromatic nitrogens is 1. The first-order chi connectivity index (χ1) is 8.75. The van der Waals surface area contributed by atoms with E-state index < -0.39 is 0 Å². The second-order valence-corrected chi connectivity index (χ2v) is 5.97. The molecule has 0 aromatic carbocycles. The number of aliphatic hydroxyl groups is 1. The van der Waals surface area contributed by atoms with E-state index in [0.717, 1.165) is 23.4 Å². The van der Waals surface area contributed by atoms with Crippen LogP contribution in [0.4, 0.5) is 0 Å². The van der Waals surface area contributed by atoms with Gasteiger partial charge in [-0.05, 0) is 13.3 Å². The fraction of sp³-hybridized carbons (Fsp3) is 0.800. The predicted octanol–water partition coefficient (Wildman–Crippen LogP) is 5.02. The van der Waals surface area contributed by atoms with E-state index in [9.17, 15) is 5.11 Å². The van der Waals surface area contributed by atoms with Crippen molar-refractivity contribution >= 4 is 11.3 Å². The van der Waals surface area contributed by atoms with Crippen LogP contribution < -0.4 is 0 Å². The van der Waals surface area contributed by atoms with Crippen molar-refractivity contribution in [1.29, 1.82) is 0 Å². The Morgan fingerprint density at radius 2 is 1.72 bits per heavy atom. The molecule has 0 spiro atoms. The van der Waals surface area contributed by atoms with E-state index in [1.165, 1.54) is 44.9 Å². The van der Waals surface area contributed by atoms with Crippen LogP contribution in [-0.4, -0.2) is 10.1 Å². The molecule has 1 rings (SSSR count). The fourth-order valence-electron chi connectivity index (χ4n) is 2.23. The minimum Gasteiger partial charge on any atom is -0.388 e. The van der Waals surface area contributed by atoms with Crippen molar-refractivity contribution in [3.8, 4) is 0 Å². The molecular weight excluding hydrogens is 242 g/mol. The van der Waals surface area contributed by atoms with Crippen LogP contribution in [0, 0.1) is 6.92 Å². The minimum absolute atomic E-state index is 0.294. The van der Waals surface area contributed by atoms with Gasteiger partial charge in [-0.3, -0.25) is 0 Å². The van der Waals surface area contributed by atoms with Crippen molar-refractivity contribution in [3.05, 3.63) is 16.1 Å². The third-order valence-corrected chi connectivity index (χ3v) is 4.45.